The van der Waals surface area contributed by atoms with Crippen molar-refractivity contribution in [3.8, 4) is 11.5 Å². The lowest BCUT2D eigenvalue weighted by Gasteiger charge is -2.33. The van der Waals surface area contributed by atoms with Gasteiger partial charge < -0.3 is 20.1 Å². The molecule has 1 aliphatic rings. The van der Waals surface area contributed by atoms with Crippen LogP contribution in [-0.4, -0.2) is 39.3 Å². The third kappa shape index (κ3) is 4.19. The van der Waals surface area contributed by atoms with E-state index in [0.717, 1.165) is 12.6 Å². The topological polar surface area (TPSA) is 59.6 Å². The summed E-state index contributed by atoms with van der Waals surface area (Å²) < 4.78 is 37.3. The molecule has 2 aromatic rings. The summed E-state index contributed by atoms with van der Waals surface area (Å²) in [6, 6.07) is 8.59. The molecule has 3 rings (SSSR count). The predicted octanol–water partition coefficient (Wildman–Crippen LogP) is 2.86. The molecule has 0 saturated carbocycles. The fourth-order valence-electron chi connectivity index (χ4n) is 3.38. The SMILES string of the molecule is COc1ccc(C(=O)NC2CNCCC2c2ccc(F)c(F)c2)cc1OC. The van der Waals surface area contributed by atoms with Crippen molar-refractivity contribution in [1.29, 1.82) is 0 Å². The molecular formula is C20H22F2N2O3. The number of hydrogen-bond acceptors (Lipinski definition) is 4. The van der Waals surface area contributed by atoms with Gasteiger partial charge in [0.15, 0.2) is 23.1 Å². The van der Waals surface area contributed by atoms with Crippen molar-refractivity contribution in [1.82, 2.24) is 10.6 Å². The average Bonchev–Trinajstić information content (AvgIpc) is 2.70. The van der Waals surface area contributed by atoms with Crippen molar-refractivity contribution in [3.05, 3.63) is 59.2 Å². The molecule has 2 atom stereocenters. The van der Waals surface area contributed by atoms with E-state index in [4.69, 9.17) is 9.47 Å². The van der Waals surface area contributed by atoms with E-state index in [9.17, 15) is 13.6 Å². The highest BCUT2D eigenvalue weighted by atomic mass is 19.2. The number of carbonyl (C=O) groups is 1. The minimum absolute atomic E-state index is 0.106. The Kier molecular flexibility index (Phi) is 5.91. The minimum Gasteiger partial charge on any atom is -0.493 e. The molecule has 1 aliphatic heterocycles. The Morgan fingerprint density at radius 1 is 1.07 bits per heavy atom. The Hall–Kier alpha value is -2.67. The largest absolute Gasteiger partial charge is 0.493 e. The molecule has 2 unspecified atom stereocenters. The van der Waals surface area contributed by atoms with Crippen LogP contribution in [0.5, 0.6) is 11.5 Å². The lowest BCUT2D eigenvalue weighted by molar-refractivity contribution is 0.0924. The van der Waals surface area contributed by atoms with Gasteiger partial charge in [0, 0.05) is 24.1 Å². The number of halogens is 2. The number of rotatable bonds is 5. The van der Waals surface area contributed by atoms with Gasteiger partial charge in [-0.1, -0.05) is 6.07 Å². The highest BCUT2D eigenvalue weighted by molar-refractivity contribution is 5.95. The lowest BCUT2D eigenvalue weighted by atomic mass is 9.85. The second-order valence-electron chi connectivity index (χ2n) is 6.42. The lowest BCUT2D eigenvalue weighted by Crippen LogP contribution is -2.50. The van der Waals surface area contributed by atoms with E-state index in [-0.39, 0.29) is 17.9 Å². The van der Waals surface area contributed by atoms with Crippen LogP contribution in [0.2, 0.25) is 0 Å². The number of carbonyl (C=O) groups excluding carboxylic acids is 1. The third-order valence-corrected chi connectivity index (χ3v) is 4.82. The van der Waals surface area contributed by atoms with Gasteiger partial charge in [0.05, 0.1) is 14.2 Å². The molecule has 0 radical (unpaired) electrons. The maximum atomic E-state index is 13.6. The summed E-state index contributed by atoms with van der Waals surface area (Å²) in [6.07, 6.45) is 0.710. The monoisotopic (exact) mass is 376 g/mol. The maximum Gasteiger partial charge on any atom is 0.251 e. The van der Waals surface area contributed by atoms with Crippen LogP contribution >= 0.6 is 0 Å². The number of nitrogens with one attached hydrogen (secondary N) is 2. The molecule has 1 saturated heterocycles. The summed E-state index contributed by atoms with van der Waals surface area (Å²) in [5, 5.41) is 6.22. The van der Waals surface area contributed by atoms with Crippen molar-refractivity contribution < 1.29 is 23.0 Å². The molecule has 144 valence electrons. The van der Waals surface area contributed by atoms with Crippen LogP contribution in [0.1, 0.15) is 28.3 Å². The van der Waals surface area contributed by atoms with Crippen LogP contribution < -0.4 is 20.1 Å². The number of amides is 1. The molecule has 2 aromatic carbocycles. The van der Waals surface area contributed by atoms with Gasteiger partial charge in [-0.05, 0) is 48.9 Å². The van der Waals surface area contributed by atoms with E-state index < -0.39 is 11.6 Å². The fourth-order valence-corrected chi connectivity index (χ4v) is 3.38. The van der Waals surface area contributed by atoms with E-state index in [1.54, 1.807) is 24.3 Å². The van der Waals surface area contributed by atoms with Gasteiger partial charge in [-0.25, -0.2) is 8.78 Å². The second-order valence-corrected chi connectivity index (χ2v) is 6.42. The van der Waals surface area contributed by atoms with E-state index >= 15 is 0 Å². The standard InChI is InChI=1S/C20H22F2N2O3/c1-26-18-6-4-13(10-19(18)27-2)20(25)24-17-11-23-8-7-14(17)12-3-5-15(21)16(22)9-12/h3-6,9-10,14,17,23H,7-8,11H2,1-2H3,(H,24,25). The molecule has 27 heavy (non-hydrogen) atoms. The van der Waals surface area contributed by atoms with Crippen LogP contribution in [0.4, 0.5) is 8.78 Å². The third-order valence-electron chi connectivity index (χ3n) is 4.82. The Labute approximate surface area is 156 Å². The number of hydrogen-bond donors (Lipinski definition) is 2. The first-order chi connectivity index (χ1) is 13.0. The summed E-state index contributed by atoms with van der Waals surface area (Å²) in [5.41, 5.74) is 1.11. The molecule has 0 aliphatic carbocycles. The van der Waals surface area contributed by atoms with Gasteiger partial charge >= 0.3 is 0 Å². The van der Waals surface area contributed by atoms with Gasteiger partial charge in [0.25, 0.3) is 5.91 Å². The maximum absolute atomic E-state index is 13.6. The van der Waals surface area contributed by atoms with Crippen molar-refractivity contribution in [2.24, 2.45) is 0 Å². The first-order valence-corrected chi connectivity index (χ1v) is 8.72. The Morgan fingerprint density at radius 2 is 1.85 bits per heavy atom. The Balaban J connectivity index is 1.79. The zero-order chi connectivity index (χ0) is 19.4. The second kappa shape index (κ2) is 8.35. The highest BCUT2D eigenvalue weighted by Crippen LogP contribution is 2.29. The van der Waals surface area contributed by atoms with Crippen molar-refractivity contribution in [2.75, 3.05) is 27.3 Å². The molecular weight excluding hydrogens is 354 g/mol. The summed E-state index contributed by atoms with van der Waals surface area (Å²) in [7, 11) is 3.03. The Bertz CT molecular complexity index is 829. The average molecular weight is 376 g/mol. The molecule has 0 spiro atoms. The van der Waals surface area contributed by atoms with Crippen molar-refractivity contribution in [2.45, 2.75) is 18.4 Å². The normalized spacial score (nSPS) is 19.4. The number of methoxy groups -OCH3 is 2. The summed E-state index contributed by atoms with van der Waals surface area (Å²) in [6.45, 7) is 1.29. The molecule has 0 aromatic heterocycles. The van der Waals surface area contributed by atoms with Gasteiger partial charge in [-0.2, -0.15) is 0 Å². The zero-order valence-corrected chi connectivity index (χ0v) is 15.2. The van der Waals surface area contributed by atoms with Crippen molar-refractivity contribution in [3.63, 3.8) is 0 Å². The molecule has 1 amide bonds. The number of benzene rings is 2. The van der Waals surface area contributed by atoms with Crippen molar-refractivity contribution >= 4 is 5.91 Å². The first kappa shape index (κ1) is 19.1. The van der Waals surface area contributed by atoms with Gasteiger partial charge in [0.2, 0.25) is 0 Å². The predicted molar refractivity (Wildman–Crippen MR) is 97.4 cm³/mol. The van der Waals surface area contributed by atoms with Crippen LogP contribution in [0.25, 0.3) is 0 Å². The van der Waals surface area contributed by atoms with Crippen LogP contribution in [0, 0.1) is 11.6 Å². The zero-order valence-electron chi connectivity index (χ0n) is 15.2. The molecule has 1 fully saturated rings. The molecule has 7 heteroatoms. The van der Waals surface area contributed by atoms with Crippen LogP contribution in [0.15, 0.2) is 36.4 Å². The molecule has 2 N–H and O–H groups in total. The van der Waals surface area contributed by atoms with Crippen LogP contribution in [-0.2, 0) is 0 Å². The highest BCUT2D eigenvalue weighted by Gasteiger charge is 2.29. The molecule has 0 bridgehead atoms. The summed E-state index contributed by atoms with van der Waals surface area (Å²) in [4.78, 5) is 12.7. The van der Waals surface area contributed by atoms with E-state index in [1.165, 1.54) is 20.3 Å². The summed E-state index contributed by atoms with van der Waals surface area (Å²) in [5.74, 6) is -1.13. The first-order valence-electron chi connectivity index (χ1n) is 8.72. The van der Waals surface area contributed by atoms with Gasteiger partial charge in [-0.3, -0.25) is 4.79 Å². The van der Waals surface area contributed by atoms with E-state index in [0.29, 0.717) is 35.6 Å². The fraction of sp³-hybridized carbons (Fsp3) is 0.350. The minimum atomic E-state index is -0.879. The number of ether oxygens (including phenoxy) is 2. The molecule has 5 nitrogen and oxygen atoms in total. The quantitative estimate of drug-likeness (QED) is 0.843. The Morgan fingerprint density at radius 3 is 2.56 bits per heavy atom. The molecule has 1 heterocycles. The smallest absolute Gasteiger partial charge is 0.251 e. The van der Waals surface area contributed by atoms with Gasteiger partial charge in [-0.15, -0.1) is 0 Å². The number of piperidine rings is 1. The van der Waals surface area contributed by atoms with E-state index in [2.05, 4.69) is 10.6 Å². The van der Waals surface area contributed by atoms with E-state index in [1.807, 2.05) is 0 Å². The van der Waals surface area contributed by atoms with Crippen LogP contribution in [0.3, 0.4) is 0 Å². The van der Waals surface area contributed by atoms with Gasteiger partial charge in [0.1, 0.15) is 0 Å². The summed E-state index contributed by atoms with van der Waals surface area (Å²) >= 11 is 0.